The minimum Gasteiger partial charge on any atom is -0.412 e. The predicted molar refractivity (Wildman–Crippen MR) is 42.1 cm³/mol. The van der Waals surface area contributed by atoms with Crippen LogP contribution in [0.2, 0.25) is 0 Å². The number of halogens is 6. The summed E-state index contributed by atoms with van der Waals surface area (Å²) in [6, 6.07) is 0. The molecule has 0 amide bonds. The van der Waals surface area contributed by atoms with Crippen molar-refractivity contribution in [2.45, 2.75) is 10.5 Å². The molecule has 0 aromatic carbocycles. The summed E-state index contributed by atoms with van der Waals surface area (Å²) in [5, 5.41) is -6.91. The number of hydrogen-bond acceptors (Lipinski definition) is 7. The van der Waals surface area contributed by atoms with Crippen LogP contribution in [-0.4, -0.2) is 27.0 Å². The second kappa shape index (κ2) is 4.06. The second-order valence-electron chi connectivity index (χ2n) is 2.82. The highest BCUT2D eigenvalue weighted by atomic mass is 32.3. The summed E-state index contributed by atoms with van der Waals surface area (Å²) < 4.78 is 118. The molecule has 1 aromatic rings. The van der Waals surface area contributed by atoms with E-state index in [2.05, 4.69) is 4.42 Å². The zero-order valence-corrected chi connectivity index (χ0v) is 9.65. The lowest BCUT2D eigenvalue weighted by Gasteiger charge is -2.07. The molecule has 7 nitrogen and oxygen atoms in total. The Hall–Kier alpha value is -1.38. The SMILES string of the molecule is O=S(=O)(F)C(F)(F)c1nnc(C(F)(F)S(=O)(=O)F)o1. The van der Waals surface area contributed by atoms with Crippen LogP contribution in [0.15, 0.2) is 4.42 Å². The average Bonchev–Trinajstić information content (AvgIpc) is 2.62. The Balaban J connectivity index is 3.38. The third kappa shape index (κ3) is 2.51. The van der Waals surface area contributed by atoms with Crippen LogP contribution >= 0.6 is 0 Å². The van der Waals surface area contributed by atoms with Gasteiger partial charge < -0.3 is 4.42 Å². The highest BCUT2D eigenvalue weighted by molar-refractivity contribution is 7.87. The molecule has 0 spiro atoms. The number of rotatable bonds is 4. The Morgan fingerprint density at radius 1 is 0.789 bits per heavy atom. The number of nitrogens with zero attached hydrogens (tertiary/aromatic N) is 2. The molecule has 19 heavy (non-hydrogen) atoms. The van der Waals surface area contributed by atoms with E-state index in [1.165, 1.54) is 0 Å². The maximum atomic E-state index is 12.7. The van der Waals surface area contributed by atoms with Crippen LogP contribution in [0.1, 0.15) is 11.8 Å². The molecule has 0 radical (unpaired) electrons. The molecule has 0 aliphatic carbocycles. The molecule has 0 bridgehead atoms. The molecular formula is C4F6N2O5S2. The van der Waals surface area contributed by atoms with Crippen molar-refractivity contribution >= 4 is 20.4 Å². The quantitative estimate of drug-likeness (QED) is 0.591. The first kappa shape index (κ1) is 15.7. The second-order valence-corrected chi connectivity index (χ2v) is 5.60. The summed E-state index contributed by atoms with van der Waals surface area (Å²) in [6.07, 6.45) is 0. The number of aromatic nitrogens is 2. The Bertz CT molecular complexity index is 634. The summed E-state index contributed by atoms with van der Waals surface area (Å²) in [6.45, 7) is 0. The van der Waals surface area contributed by atoms with Crippen molar-refractivity contribution in [1.82, 2.24) is 10.2 Å². The van der Waals surface area contributed by atoms with Crippen molar-refractivity contribution in [3.63, 3.8) is 0 Å². The van der Waals surface area contributed by atoms with Gasteiger partial charge in [0.25, 0.3) is 0 Å². The van der Waals surface area contributed by atoms with Gasteiger partial charge in [0.15, 0.2) is 0 Å². The minimum atomic E-state index is -6.64. The Morgan fingerprint density at radius 2 is 1.05 bits per heavy atom. The highest BCUT2D eigenvalue weighted by Gasteiger charge is 2.57. The third-order valence-corrected chi connectivity index (χ3v) is 3.11. The number of alkyl halides is 4. The lowest BCUT2D eigenvalue weighted by molar-refractivity contribution is 0.0280. The van der Waals surface area contributed by atoms with Crippen LogP contribution in [0, 0.1) is 0 Å². The maximum absolute atomic E-state index is 12.7. The zero-order valence-electron chi connectivity index (χ0n) is 8.02. The molecule has 0 N–H and O–H groups in total. The normalized spacial score (nSPS) is 14.6. The molecule has 1 aromatic heterocycles. The third-order valence-electron chi connectivity index (χ3n) is 1.54. The van der Waals surface area contributed by atoms with E-state index in [0.29, 0.717) is 0 Å². The van der Waals surface area contributed by atoms with E-state index in [4.69, 9.17) is 0 Å². The lowest BCUT2D eigenvalue weighted by atomic mass is 10.7. The van der Waals surface area contributed by atoms with Crippen LogP contribution < -0.4 is 0 Å². The van der Waals surface area contributed by atoms with Crippen LogP contribution in [-0.2, 0) is 31.0 Å². The van der Waals surface area contributed by atoms with Gasteiger partial charge in [0.2, 0.25) is 0 Å². The van der Waals surface area contributed by atoms with Gasteiger partial charge >= 0.3 is 42.7 Å². The fourth-order valence-electron chi connectivity index (χ4n) is 0.667. The first-order valence-electron chi connectivity index (χ1n) is 3.69. The molecular weight excluding hydrogens is 334 g/mol. The van der Waals surface area contributed by atoms with Gasteiger partial charge in [0.05, 0.1) is 0 Å². The molecule has 15 heteroatoms. The number of hydrogen-bond donors (Lipinski definition) is 0. The van der Waals surface area contributed by atoms with Crippen LogP contribution in [0.3, 0.4) is 0 Å². The van der Waals surface area contributed by atoms with Crippen molar-refractivity contribution in [3.8, 4) is 0 Å². The standard InChI is InChI=1S/C4F6N2O5S2/c5-3(6,18(9,13)14)1-11-12-2(17-1)4(7,8)19(10,15)16. The van der Waals surface area contributed by atoms with Gasteiger partial charge in [-0.25, -0.2) is 0 Å². The molecule has 110 valence electrons. The van der Waals surface area contributed by atoms with E-state index in [1.807, 2.05) is 10.2 Å². The molecule has 0 aliphatic heterocycles. The largest absolute Gasteiger partial charge is 0.450 e. The van der Waals surface area contributed by atoms with E-state index in [9.17, 15) is 42.2 Å². The van der Waals surface area contributed by atoms with E-state index in [0.717, 1.165) is 0 Å². The first-order chi connectivity index (χ1) is 8.21. The monoisotopic (exact) mass is 334 g/mol. The van der Waals surface area contributed by atoms with Gasteiger partial charge in [-0.15, -0.1) is 10.2 Å². The Morgan fingerprint density at radius 3 is 1.26 bits per heavy atom. The van der Waals surface area contributed by atoms with Gasteiger partial charge in [-0.3, -0.25) is 0 Å². The van der Waals surface area contributed by atoms with E-state index in [1.54, 1.807) is 0 Å². The van der Waals surface area contributed by atoms with E-state index < -0.39 is 42.7 Å². The molecule has 0 aliphatic rings. The Labute approximate surface area is 100 Å². The van der Waals surface area contributed by atoms with Crippen molar-refractivity contribution in [2.24, 2.45) is 0 Å². The summed E-state index contributed by atoms with van der Waals surface area (Å²) in [7, 11) is -13.3. The van der Waals surface area contributed by atoms with Crippen LogP contribution in [0.5, 0.6) is 0 Å². The minimum absolute atomic E-state index is 2.04. The molecule has 1 heterocycles. The molecule has 1 rings (SSSR count). The summed E-state index contributed by atoms with van der Waals surface area (Å²) >= 11 is 0. The fraction of sp³-hybridized carbons (Fsp3) is 0.500. The molecule has 0 fully saturated rings. The van der Waals surface area contributed by atoms with Gasteiger partial charge in [-0.2, -0.15) is 34.4 Å². The summed E-state index contributed by atoms with van der Waals surface area (Å²) in [5.41, 5.74) is 0. The maximum Gasteiger partial charge on any atom is 0.450 e. The van der Waals surface area contributed by atoms with Crippen molar-refractivity contribution < 1.29 is 46.6 Å². The smallest absolute Gasteiger partial charge is 0.412 e. The lowest BCUT2D eigenvalue weighted by Crippen LogP contribution is -2.24. The van der Waals surface area contributed by atoms with Gasteiger partial charge in [0, 0.05) is 0 Å². The summed E-state index contributed by atoms with van der Waals surface area (Å²) in [4.78, 5) is 0. The van der Waals surface area contributed by atoms with Crippen LogP contribution in [0.4, 0.5) is 25.3 Å². The van der Waals surface area contributed by atoms with Crippen molar-refractivity contribution in [3.05, 3.63) is 11.8 Å². The molecule has 0 atom stereocenters. The highest BCUT2D eigenvalue weighted by Crippen LogP contribution is 2.39. The average molecular weight is 334 g/mol. The zero-order chi connectivity index (χ0) is 15.3. The van der Waals surface area contributed by atoms with Crippen LogP contribution in [0.25, 0.3) is 0 Å². The molecule has 0 saturated heterocycles. The topological polar surface area (TPSA) is 107 Å². The van der Waals surface area contributed by atoms with Gasteiger partial charge in [-0.05, 0) is 0 Å². The van der Waals surface area contributed by atoms with E-state index in [-0.39, 0.29) is 0 Å². The molecule has 0 saturated carbocycles. The predicted octanol–water partition coefficient (Wildman–Crippen LogP) is 0.767. The Kier molecular flexibility index (Phi) is 3.35. The summed E-state index contributed by atoms with van der Waals surface area (Å²) in [5.74, 6) is -4.96. The fourth-order valence-corrected chi connectivity index (χ4v) is 1.25. The van der Waals surface area contributed by atoms with Gasteiger partial charge in [-0.1, -0.05) is 7.77 Å². The first-order valence-corrected chi connectivity index (χ1v) is 6.46. The van der Waals surface area contributed by atoms with Crippen molar-refractivity contribution in [1.29, 1.82) is 0 Å². The van der Waals surface area contributed by atoms with Gasteiger partial charge in [0.1, 0.15) is 0 Å². The van der Waals surface area contributed by atoms with Crippen molar-refractivity contribution in [2.75, 3.05) is 0 Å². The van der Waals surface area contributed by atoms with E-state index >= 15 is 0 Å². The molecule has 0 unspecified atom stereocenters.